The number of ether oxygens (including phenoxy) is 3. The number of hydrogen-bond acceptors (Lipinski definition) is 11. The van der Waals surface area contributed by atoms with Crippen LogP contribution in [-0.4, -0.2) is 86.5 Å². The topological polar surface area (TPSA) is 164 Å². The Hall–Kier alpha value is -3.27. The molecule has 1 aliphatic carbocycles. The summed E-state index contributed by atoms with van der Waals surface area (Å²) in [5, 5.41) is 18.7. The van der Waals surface area contributed by atoms with Crippen molar-refractivity contribution in [3.8, 4) is 0 Å². The number of alkyl carbamates (subject to hydrolysis) is 1. The highest BCUT2D eigenvalue weighted by Crippen LogP contribution is 2.47. The lowest BCUT2D eigenvalue weighted by Crippen LogP contribution is -2.55. The molecule has 0 spiro atoms. The highest BCUT2D eigenvalue weighted by molar-refractivity contribution is 7.89. The summed E-state index contributed by atoms with van der Waals surface area (Å²) in [6.07, 6.45) is -0.419. The molecule has 2 unspecified atom stereocenters. The van der Waals surface area contributed by atoms with Crippen molar-refractivity contribution < 1.29 is 36.9 Å². The first kappa shape index (κ1) is 31.7. The Morgan fingerprint density at radius 1 is 1.13 bits per heavy atom. The van der Waals surface area contributed by atoms with Crippen LogP contribution in [0.4, 0.5) is 10.8 Å². The number of aliphatic hydroxyl groups is 1. The van der Waals surface area contributed by atoms with E-state index in [-0.39, 0.29) is 41.9 Å². The van der Waals surface area contributed by atoms with Crippen LogP contribution in [-0.2, 0) is 30.7 Å². The van der Waals surface area contributed by atoms with Crippen LogP contribution in [0.5, 0.6) is 0 Å². The fraction of sp³-hybridized carbons (Fsp3) is 0.548. The summed E-state index contributed by atoms with van der Waals surface area (Å²) in [7, 11) is -2.39. The van der Waals surface area contributed by atoms with E-state index in [0.29, 0.717) is 36.4 Å². The summed E-state index contributed by atoms with van der Waals surface area (Å²) in [4.78, 5) is 20.1. The Morgan fingerprint density at radius 3 is 2.53 bits per heavy atom. The molecule has 13 nitrogen and oxygen atoms in total. The van der Waals surface area contributed by atoms with E-state index in [0.717, 1.165) is 18.4 Å². The number of anilines is 1. The average molecular weight is 644 g/mol. The number of hydrogen-bond donors (Lipinski definition) is 4. The van der Waals surface area contributed by atoms with Gasteiger partial charge in [-0.3, -0.25) is 0 Å². The first-order chi connectivity index (χ1) is 21.6. The Morgan fingerprint density at radius 2 is 1.87 bits per heavy atom. The van der Waals surface area contributed by atoms with Crippen molar-refractivity contribution in [2.24, 2.45) is 11.8 Å². The number of carbonyl (C=O) groups excluding carboxylic acids is 1. The third kappa shape index (κ3) is 7.26. The standard InChI is InChI=1S/C31H41N5O8S/c1-18(2)11-12-36(35-45(39,40)21-9-10-25-23(16-21)33-30(32-3)43-25)17-24(37)22(13-19-7-5-4-6-8-19)34-31(38)44-28-26-14-20-15-27(28)42-29(20)41-26/h4-10,16,18,20,22,24,26-29,35,37H,11-15,17H2,1-3H3,(H,32,33)(H,34,38)/t20?,22-,24+,26?,27?,28?,29?/m0/s1. The molecule has 4 heterocycles. The van der Waals surface area contributed by atoms with E-state index in [1.54, 1.807) is 13.1 Å². The zero-order valence-corrected chi connectivity index (χ0v) is 26.4. The number of oxazole rings is 1. The highest BCUT2D eigenvalue weighted by Gasteiger charge is 2.57. The average Bonchev–Trinajstić information content (AvgIpc) is 3.67. The number of carbonyl (C=O) groups is 1. The van der Waals surface area contributed by atoms with Crippen molar-refractivity contribution in [3.63, 3.8) is 0 Å². The maximum absolute atomic E-state index is 13.5. The van der Waals surface area contributed by atoms with Gasteiger partial charge in [0.25, 0.3) is 16.0 Å². The van der Waals surface area contributed by atoms with Gasteiger partial charge in [-0.2, -0.15) is 4.98 Å². The van der Waals surface area contributed by atoms with E-state index in [1.165, 1.54) is 17.1 Å². The lowest BCUT2D eigenvalue weighted by molar-refractivity contribution is -0.229. The summed E-state index contributed by atoms with van der Waals surface area (Å²) in [6, 6.07) is 13.4. The maximum Gasteiger partial charge on any atom is 0.407 e. The third-order valence-corrected chi connectivity index (χ3v) is 10.0. The first-order valence-electron chi connectivity index (χ1n) is 15.4. The molecular weight excluding hydrogens is 602 g/mol. The van der Waals surface area contributed by atoms with Crippen LogP contribution in [0.3, 0.4) is 0 Å². The van der Waals surface area contributed by atoms with Crippen LogP contribution < -0.4 is 15.5 Å². The van der Waals surface area contributed by atoms with Crippen LogP contribution in [0.1, 0.15) is 38.7 Å². The number of nitrogens with zero attached hydrogens (tertiary/aromatic N) is 2. The zero-order valence-electron chi connectivity index (χ0n) is 25.6. The Labute approximate surface area is 262 Å². The minimum atomic E-state index is -4.05. The van der Waals surface area contributed by atoms with Gasteiger partial charge in [0.2, 0.25) is 0 Å². The summed E-state index contributed by atoms with van der Waals surface area (Å²) in [5.41, 5.74) is 1.73. The van der Waals surface area contributed by atoms with Crippen LogP contribution in [0, 0.1) is 11.8 Å². The number of fused-ring (bicyclic) bond motifs is 1. The normalized spacial score (nSPS) is 25.2. The molecule has 4 bridgehead atoms. The van der Waals surface area contributed by atoms with Gasteiger partial charge in [-0.1, -0.05) is 44.2 Å². The van der Waals surface area contributed by atoms with E-state index >= 15 is 0 Å². The van der Waals surface area contributed by atoms with Gasteiger partial charge in [-0.15, -0.1) is 4.83 Å². The lowest BCUT2D eigenvalue weighted by Gasteiger charge is -2.35. The molecule has 244 valence electrons. The molecule has 3 saturated heterocycles. The fourth-order valence-corrected chi connectivity index (χ4v) is 7.37. The van der Waals surface area contributed by atoms with Gasteiger partial charge in [0.15, 0.2) is 18.0 Å². The van der Waals surface area contributed by atoms with Gasteiger partial charge in [0.1, 0.15) is 17.7 Å². The van der Waals surface area contributed by atoms with Crippen molar-refractivity contribution in [2.45, 2.75) is 81.2 Å². The molecule has 1 amide bonds. The number of aromatic nitrogens is 1. The molecule has 3 aromatic rings. The van der Waals surface area contributed by atoms with Gasteiger partial charge in [-0.05, 0) is 55.4 Å². The number of amides is 1. The number of hydrazine groups is 1. The van der Waals surface area contributed by atoms with E-state index in [4.69, 9.17) is 18.6 Å². The Kier molecular flexibility index (Phi) is 9.32. The van der Waals surface area contributed by atoms with Gasteiger partial charge < -0.3 is 34.4 Å². The van der Waals surface area contributed by atoms with Crippen molar-refractivity contribution in [2.75, 3.05) is 25.5 Å². The summed E-state index contributed by atoms with van der Waals surface area (Å²) in [6.45, 7) is 4.30. The molecule has 2 aromatic carbocycles. The second kappa shape index (κ2) is 13.2. The molecule has 45 heavy (non-hydrogen) atoms. The van der Waals surface area contributed by atoms with E-state index < -0.39 is 34.4 Å². The number of sulfonamides is 1. The van der Waals surface area contributed by atoms with Gasteiger partial charge in [-0.25, -0.2) is 18.2 Å². The van der Waals surface area contributed by atoms with Gasteiger partial charge in [0, 0.05) is 26.1 Å². The molecule has 3 aliphatic heterocycles. The van der Waals surface area contributed by atoms with E-state index in [2.05, 4.69) is 20.4 Å². The number of nitrogens with one attached hydrogen (secondary N) is 3. The molecule has 1 saturated carbocycles. The predicted octanol–water partition coefficient (Wildman–Crippen LogP) is 3.01. The van der Waals surface area contributed by atoms with Gasteiger partial charge >= 0.3 is 6.09 Å². The minimum absolute atomic E-state index is 0.00170. The quantitative estimate of drug-likeness (QED) is 0.191. The van der Waals surface area contributed by atoms with Crippen molar-refractivity contribution in [1.29, 1.82) is 0 Å². The molecule has 14 heteroatoms. The molecular formula is C31H41N5O8S. The van der Waals surface area contributed by atoms with E-state index in [9.17, 15) is 18.3 Å². The van der Waals surface area contributed by atoms with Crippen molar-refractivity contribution in [3.05, 3.63) is 54.1 Å². The largest absolute Gasteiger partial charge is 0.441 e. The summed E-state index contributed by atoms with van der Waals surface area (Å²) < 4.78 is 50.1. The highest BCUT2D eigenvalue weighted by atomic mass is 32.2. The zero-order chi connectivity index (χ0) is 31.7. The molecule has 0 radical (unpaired) electrons. The second-order valence-corrected chi connectivity index (χ2v) is 14.1. The van der Waals surface area contributed by atoms with Crippen molar-refractivity contribution in [1.82, 2.24) is 20.1 Å². The first-order valence-corrected chi connectivity index (χ1v) is 16.9. The molecule has 4 N–H and O–H groups in total. The lowest BCUT2D eigenvalue weighted by atomic mass is 9.88. The Balaban J connectivity index is 1.17. The van der Waals surface area contributed by atoms with Crippen LogP contribution in [0.15, 0.2) is 57.8 Å². The smallest absolute Gasteiger partial charge is 0.407 e. The van der Waals surface area contributed by atoms with E-state index in [1.807, 2.05) is 44.2 Å². The SMILES string of the molecule is CNc1nc2cc(S(=O)(=O)NN(CCC(C)C)C[C@@H](O)[C@H](Cc3ccccc3)NC(=O)OC3C4CC5CC3OC5O4)ccc2o1. The van der Waals surface area contributed by atoms with Gasteiger partial charge in [0.05, 0.1) is 17.0 Å². The second-order valence-electron chi connectivity index (χ2n) is 12.4. The molecule has 4 aliphatic rings. The van der Waals surface area contributed by atoms with Crippen LogP contribution in [0.25, 0.3) is 11.1 Å². The predicted molar refractivity (Wildman–Crippen MR) is 165 cm³/mol. The summed E-state index contributed by atoms with van der Waals surface area (Å²) >= 11 is 0. The summed E-state index contributed by atoms with van der Waals surface area (Å²) in [5.74, 6) is 0.620. The van der Waals surface area contributed by atoms with Crippen LogP contribution in [0.2, 0.25) is 0 Å². The maximum atomic E-state index is 13.5. The van der Waals surface area contributed by atoms with Crippen molar-refractivity contribution >= 4 is 33.2 Å². The molecule has 1 aromatic heterocycles. The number of rotatable bonds is 14. The molecule has 7 rings (SSSR count). The minimum Gasteiger partial charge on any atom is -0.441 e. The Bertz CT molecular complexity index is 1560. The number of benzene rings is 2. The number of aliphatic hydroxyl groups excluding tert-OH is 1. The molecule has 4 fully saturated rings. The molecule has 4 atom stereocenters. The third-order valence-electron chi connectivity index (χ3n) is 8.63. The van der Waals surface area contributed by atoms with Crippen LogP contribution >= 0.6 is 0 Å². The fourth-order valence-electron chi connectivity index (χ4n) is 6.25. The monoisotopic (exact) mass is 643 g/mol.